The Morgan fingerprint density at radius 3 is 2.37 bits per heavy atom. The lowest BCUT2D eigenvalue weighted by molar-refractivity contribution is -0.137. The fraction of sp³-hybridized carbons (Fsp3) is 0.308. The molecule has 3 aromatic rings. The number of thioether (sulfide) groups is 1. The van der Waals surface area contributed by atoms with Gasteiger partial charge < -0.3 is 5.32 Å². The number of imide groups is 1. The van der Waals surface area contributed by atoms with Crippen LogP contribution >= 0.6 is 23.1 Å². The van der Waals surface area contributed by atoms with Crippen LogP contribution in [0.4, 0.5) is 24.5 Å². The second-order valence-corrected chi connectivity index (χ2v) is 11.8. The number of nitrogens with zero attached hydrogens (tertiary/aromatic N) is 2. The Labute approximate surface area is 223 Å². The molecule has 2 aliphatic rings. The zero-order valence-electron chi connectivity index (χ0n) is 20.5. The van der Waals surface area contributed by atoms with Crippen molar-refractivity contribution >= 4 is 52.2 Å². The normalized spacial score (nSPS) is 20.3. The van der Waals surface area contributed by atoms with Gasteiger partial charge in [-0.25, -0.2) is 4.90 Å². The number of halogens is 3. The third-order valence-electron chi connectivity index (χ3n) is 6.87. The maximum Gasteiger partial charge on any atom is 0.418 e. The number of hydrogen-bond acceptors (Lipinski definition) is 6. The van der Waals surface area contributed by atoms with E-state index in [0.29, 0.717) is 20.5 Å². The lowest BCUT2D eigenvalue weighted by Gasteiger charge is -2.36. The van der Waals surface area contributed by atoms with Crippen LogP contribution in [0.5, 0.6) is 0 Å². The summed E-state index contributed by atoms with van der Waals surface area (Å²) in [6, 6.07) is 11.6. The minimum absolute atomic E-state index is 0.317. The van der Waals surface area contributed by atoms with Crippen molar-refractivity contribution in [3.05, 3.63) is 74.2 Å². The van der Waals surface area contributed by atoms with Gasteiger partial charge in [0.05, 0.1) is 22.2 Å². The van der Waals surface area contributed by atoms with E-state index in [1.165, 1.54) is 16.7 Å². The summed E-state index contributed by atoms with van der Waals surface area (Å²) in [4.78, 5) is 53.5. The summed E-state index contributed by atoms with van der Waals surface area (Å²) in [7, 11) is 0. The van der Waals surface area contributed by atoms with Gasteiger partial charge in [0.2, 0.25) is 17.7 Å². The predicted molar refractivity (Wildman–Crippen MR) is 138 cm³/mol. The highest BCUT2D eigenvalue weighted by molar-refractivity contribution is 8.00. The van der Waals surface area contributed by atoms with Crippen LogP contribution in [0.25, 0.3) is 0 Å². The molecule has 12 heteroatoms. The number of alkyl halides is 3. The number of benzene rings is 2. The fourth-order valence-corrected chi connectivity index (χ4v) is 8.00. The number of nitrogens with one attached hydrogen (secondary N) is 1. The molecule has 0 bridgehead atoms. The Kier molecular flexibility index (Phi) is 6.30. The first-order valence-corrected chi connectivity index (χ1v) is 13.3. The van der Waals surface area contributed by atoms with Crippen LogP contribution in [0.3, 0.4) is 0 Å². The van der Waals surface area contributed by atoms with Crippen molar-refractivity contribution in [3.8, 4) is 0 Å². The number of carbonyl (C=O) groups is 3. The van der Waals surface area contributed by atoms with Crippen LogP contribution in [-0.2, 0) is 32.5 Å². The second-order valence-electron chi connectivity index (χ2n) is 9.72. The smallest absolute Gasteiger partial charge is 0.324 e. The summed E-state index contributed by atoms with van der Waals surface area (Å²) in [6.45, 7) is 4.91. The number of thiazole rings is 1. The quantitative estimate of drug-likeness (QED) is 0.462. The SMILES string of the molecule is Cc1ccccc1NC(=O)Cn1c2c(sc1=O)C(C)(C)C1C(=O)N(c3ccccc3C(F)(F)F)C(=O)C1S2. The van der Waals surface area contributed by atoms with Crippen molar-refractivity contribution in [2.75, 3.05) is 10.2 Å². The number of aromatic nitrogens is 1. The first-order chi connectivity index (χ1) is 17.8. The highest BCUT2D eigenvalue weighted by Gasteiger charge is 2.60. The van der Waals surface area contributed by atoms with Gasteiger partial charge in [-0.2, -0.15) is 13.2 Å². The number of para-hydroxylation sites is 2. The molecular formula is C26H22F3N3O4S2. The zero-order chi connectivity index (χ0) is 27.6. The number of aryl methyl sites for hydroxylation is 1. The average molecular weight is 562 g/mol. The van der Waals surface area contributed by atoms with Gasteiger partial charge >= 0.3 is 11.0 Å². The second kappa shape index (κ2) is 9.12. The summed E-state index contributed by atoms with van der Waals surface area (Å²) in [6.07, 6.45) is -4.77. The third-order valence-corrected chi connectivity index (χ3v) is 9.70. The molecule has 7 nitrogen and oxygen atoms in total. The predicted octanol–water partition coefficient (Wildman–Crippen LogP) is 4.82. The number of rotatable bonds is 4. The Balaban J connectivity index is 1.50. The van der Waals surface area contributed by atoms with E-state index in [1.54, 1.807) is 26.0 Å². The molecule has 1 N–H and O–H groups in total. The highest BCUT2D eigenvalue weighted by atomic mass is 32.2. The van der Waals surface area contributed by atoms with E-state index in [9.17, 15) is 32.3 Å². The van der Waals surface area contributed by atoms with Crippen molar-refractivity contribution in [1.82, 2.24) is 4.57 Å². The molecule has 5 rings (SSSR count). The number of amides is 3. The Morgan fingerprint density at radius 1 is 1.03 bits per heavy atom. The van der Waals surface area contributed by atoms with Gasteiger partial charge in [-0.1, -0.05) is 67.3 Å². The van der Waals surface area contributed by atoms with Gasteiger partial charge in [-0.05, 0) is 30.7 Å². The van der Waals surface area contributed by atoms with Crippen LogP contribution in [0, 0.1) is 12.8 Å². The van der Waals surface area contributed by atoms with Gasteiger partial charge in [0.15, 0.2) is 0 Å². The van der Waals surface area contributed by atoms with Crippen molar-refractivity contribution in [1.29, 1.82) is 0 Å². The molecule has 1 aromatic heterocycles. The van der Waals surface area contributed by atoms with Crippen molar-refractivity contribution in [3.63, 3.8) is 0 Å². The van der Waals surface area contributed by atoms with E-state index in [2.05, 4.69) is 5.32 Å². The standard InChI is InChI=1S/C26H22F3N3O4S2/c1-13-8-4-6-10-15(13)30-17(33)12-31-23-20(38-24(31)36)25(2,3)18-19(37-23)22(35)32(21(18)34)16-11-7-5-9-14(16)26(27,28)29/h4-11,18-19H,12H2,1-3H3,(H,30,33). The summed E-state index contributed by atoms with van der Waals surface area (Å²) in [5, 5.41) is 2.10. The molecule has 38 heavy (non-hydrogen) atoms. The molecule has 2 unspecified atom stereocenters. The van der Waals surface area contributed by atoms with Crippen molar-refractivity contribution in [2.45, 2.75) is 49.2 Å². The van der Waals surface area contributed by atoms with E-state index >= 15 is 0 Å². The summed E-state index contributed by atoms with van der Waals surface area (Å²) in [5.74, 6) is -2.96. The third kappa shape index (κ3) is 4.15. The van der Waals surface area contributed by atoms with Crippen LogP contribution in [0.1, 0.15) is 29.9 Å². The highest BCUT2D eigenvalue weighted by Crippen LogP contribution is 2.55. The maximum absolute atomic E-state index is 13.7. The minimum Gasteiger partial charge on any atom is -0.324 e. The lowest BCUT2D eigenvalue weighted by Crippen LogP contribution is -2.42. The number of anilines is 2. The fourth-order valence-electron chi connectivity index (χ4n) is 4.96. The molecule has 1 fully saturated rings. The molecular weight excluding hydrogens is 539 g/mol. The zero-order valence-corrected chi connectivity index (χ0v) is 22.1. The van der Waals surface area contributed by atoms with E-state index in [1.807, 2.05) is 19.1 Å². The number of hydrogen-bond donors (Lipinski definition) is 1. The molecule has 0 radical (unpaired) electrons. The molecule has 2 aliphatic heterocycles. The largest absolute Gasteiger partial charge is 0.418 e. The van der Waals surface area contributed by atoms with E-state index in [-0.39, 0.29) is 6.54 Å². The van der Waals surface area contributed by atoms with Crippen molar-refractivity contribution < 1.29 is 27.6 Å². The van der Waals surface area contributed by atoms with Gasteiger partial charge in [-0.15, -0.1) is 0 Å². The van der Waals surface area contributed by atoms with Crippen LogP contribution in [0.2, 0.25) is 0 Å². The molecule has 3 amide bonds. The molecule has 2 aromatic carbocycles. The topological polar surface area (TPSA) is 88.5 Å². The minimum atomic E-state index is -4.77. The first-order valence-electron chi connectivity index (χ1n) is 11.6. The average Bonchev–Trinajstić information content (AvgIpc) is 3.29. The first kappa shape index (κ1) is 26.2. The Hall–Kier alpha value is -3.38. The molecule has 0 spiro atoms. The summed E-state index contributed by atoms with van der Waals surface area (Å²) in [5.41, 5.74) is -1.20. The maximum atomic E-state index is 13.7. The van der Waals surface area contributed by atoms with Crippen molar-refractivity contribution in [2.24, 2.45) is 5.92 Å². The lowest BCUT2D eigenvalue weighted by atomic mass is 9.76. The molecule has 3 heterocycles. The van der Waals surface area contributed by atoms with E-state index < -0.39 is 56.6 Å². The number of fused-ring (bicyclic) bond motifs is 2. The van der Waals surface area contributed by atoms with E-state index in [4.69, 9.17) is 0 Å². The Bertz CT molecular complexity index is 1540. The Morgan fingerprint density at radius 2 is 1.68 bits per heavy atom. The van der Waals surface area contributed by atoms with Crippen LogP contribution < -0.4 is 15.1 Å². The van der Waals surface area contributed by atoms with Gasteiger partial charge in [0, 0.05) is 16.0 Å². The van der Waals surface area contributed by atoms with Gasteiger partial charge in [0.1, 0.15) is 11.8 Å². The summed E-state index contributed by atoms with van der Waals surface area (Å²) >= 11 is 1.83. The monoisotopic (exact) mass is 561 g/mol. The van der Waals surface area contributed by atoms with Gasteiger partial charge in [0.25, 0.3) is 0 Å². The number of carbonyl (C=O) groups excluding carboxylic acids is 3. The molecule has 0 saturated carbocycles. The summed E-state index contributed by atoms with van der Waals surface area (Å²) < 4.78 is 42.4. The molecule has 0 aliphatic carbocycles. The van der Waals surface area contributed by atoms with Crippen LogP contribution in [0.15, 0.2) is 58.4 Å². The van der Waals surface area contributed by atoms with Gasteiger partial charge in [-0.3, -0.25) is 23.7 Å². The van der Waals surface area contributed by atoms with E-state index in [0.717, 1.165) is 40.8 Å². The molecule has 198 valence electrons. The molecule has 2 atom stereocenters. The molecule has 1 saturated heterocycles. The van der Waals surface area contributed by atoms with Crippen LogP contribution in [-0.4, -0.2) is 27.5 Å².